The minimum atomic E-state index is -5.04. The normalized spacial score (nSPS) is 33.7. The van der Waals surface area contributed by atoms with Gasteiger partial charge in [-0.25, -0.2) is 13.2 Å². The molecule has 0 saturated heterocycles. The first kappa shape index (κ1) is 44.2. The Kier molecular flexibility index (Phi) is 10.6. The molecule has 62 heavy (non-hydrogen) atoms. The molecule has 8 rings (SSSR count). The van der Waals surface area contributed by atoms with E-state index in [1.54, 1.807) is 30.3 Å². The van der Waals surface area contributed by atoms with Gasteiger partial charge in [0, 0.05) is 5.41 Å². The maximum atomic E-state index is 14.7. The fourth-order valence-electron chi connectivity index (χ4n) is 13.2. The van der Waals surface area contributed by atoms with Gasteiger partial charge in [0.05, 0.1) is 15.5 Å². The predicted octanol–water partition coefficient (Wildman–Crippen LogP) is 9.90. The second-order valence-electron chi connectivity index (χ2n) is 20.8. The number of nitrogens with zero attached hydrogens (tertiary/aromatic N) is 2. The average molecular weight is 883 g/mol. The van der Waals surface area contributed by atoms with Crippen LogP contribution in [-0.4, -0.2) is 37.8 Å². The van der Waals surface area contributed by atoms with Gasteiger partial charge in [-0.15, -0.1) is 0 Å². The largest absolute Gasteiger partial charge is 0.490 e. The van der Waals surface area contributed by atoms with Gasteiger partial charge < -0.3 is 19.4 Å². The van der Waals surface area contributed by atoms with E-state index in [0.717, 1.165) is 38.5 Å². The first-order valence-electron chi connectivity index (χ1n) is 21.7. The van der Waals surface area contributed by atoms with Crippen LogP contribution in [0, 0.1) is 55.5 Å². The van der Waals surface area contributed by atoms with Gasteiger partial charge in [0.2, 0.25) is 0 Å². The van der Waals surface area contributed by atoms with Crippen LogP contribution >= 0.6 is 0 Å². The molecule has 0 spiro atoms. The van der Waals surface area contributed by atoms with Crippen LogP contribution in [0.25, 0.3) is 0 Å². The number of benzene rings is 2. The van der Waals surface area contributed by atoms with E-state index in [4.69, 9.17) is 14.2 Å². The van der Waals surface area contributed by atoms with Crippen molar-refractivity contribution < 1.29 is 54.9 Å². The Bertz CT molecular complexity index is 2380. The van der Waals surface area contributed by atoms with Gasteiger partial charge >= 0.3 is 29.0 Å². The maximum Gasteiger partial charge on any atom is 0.490 e. The van der Waals surface area contributed by atoms with Crippen LogP contribution in [0.1, 0.15) is 118 Å². The molecule has 15 heteroatoms. The summed E-state index contributed by atoms with van der Waals surface area (Å²) < 4.78 is 88.0. The number of alkyl halides is 3. The van der Waals surface area contributed by atoms with Gasteiger partial charge in [-0.3, -0.25) is 9.42 Å². The van der Waals surface area contributed by atoms with Crippen molar-refractivity contribution in [3.8, 4) is 11.6 Å². The number of esters is 2. The second kappa shape index (κ2) is 14.8. The smallest absolute Gasteiger partial charge is 0.455 e. The van der Waals surface area contributed by atoms with Gasteiger partial charge in [-0.2, -0.15) is 13.2 Å². The molecule has 4 saturated carbocycles. The lowest BCUT2D eigenvalue weighted by Crippen LogP contribution is -2.65. The number of sulfone groups is 1. The molecule has 5 aliphatic carbocycles. The molecule has 8 atom stereocenters. The van der Waals surface area contributed by atoms with Crippen molar-refractivity contribution in [3.63, 3.8) is 0 Å². The van der Waals surface area contributed by atoms with Crippen LogP contribution < -0.4 is 14.4 Å². The fraction of sp³-hybridized carbons (Fsp3) is 0.617. The number of carbonyl (C=O) groups excluding carboxylic acids is 2. The van der Waals surface area contributed by atoms with Crippen molar-refractivity contribution in [1.82, 2.24) is 5.16 Å². The number of allylic oxidation sites excluding steroid dienone is 2. The Morgan fingerprint density at radius 1 is 0.887 bits per heavy atom. The van der Waals surface area contributed by atoms with Crippen LogP contribution in [0.15, 0.2) is 80.8 Å². The molecule has 4 fully saturated rings. The van der Waals surface area contributed by atoms with E-state index in [1.165, 1.54) is 29.8 Å². The lowest BCUT2D eigenvalue weighted by atomic mass is 9.33. The zero-order chi connectivity index (χ0) is 44.9. The quantitative estimate of drug-likeness (QED) is 0.0926. The number of halogens is 3. The molecule has 1 aromatic heterocycles. The van der Waals surface area contributed by atoms with Gasteiger partial charge in [0.15, 0.2) is 0 Å². The van der Waals surface area contributed by atoms with Crippen LogP contribution in [-0.2, 0) is 30.8 Å². The maximum absolute atomic E-state index is 14.7. The highest BCUT2D eigenvalue weighted by atomic mass is 32.2. The minimum Gasteiger partial charge on any atom is -0.455 e. The summed E-state index contributed by atoms with van der Waals surface area (Å²) in [5, 5.41) is 15.1. The summed E-state index contributed by atoms with van der Waals surface area (Å²) in [6, 6.07) is 14.2. The molecule has 11 nitrogen and oxygen atoms in total. The fourth-order valence-corrected chi connectivity index (χ4v) is 14.5. The summed E-state index contributed by atoms with van der Waals surface area (Å²) in [7, 11) is -4.29. The van der Waals surface area contributed by atoms with Crippen molar-refractivity contribution in [2.75, 3.05) is 0 Å². The summed E-state index contributed by atoms with van der Waals surface area (Å²) in [4.78, 5) is 26.4. The first-order chi connectivity index (χ1) is 28.9. The number of hydrogen-bond donors (Lipinski definition) is 0. The third-order valence-corrected chi connectivity index (χ3v) is 18.6. The summed E-state index contributed by atoms with van der Waals surface area (Å²) >= 11 is 0. The lowest BCUT2D eigenvalue weighted by molar-refractivity contribution is -0.832. The van der Waals surface area contributed by atoms with Crippen LogP contribution in [0.2, 0.25) is 0 Å². The summed E-state index contributed by atoms with van der Waals surface area (Å²) in [6.45, 7) is 15.5. The van der Waals surface area contributed by atoms with E-state index in [9.17, 15) is 36.4 Å². The Labute approximate surface area is 361 Å². The standard InChI is InChI=1S/C47H57F3N2O9S/c1-41(2)23-25-46(39(53)59-30-15-13-29(14-16-30)28-58-37-38(52(55)61-51-37)62(56,57)31-11-9-8-10-12-31)26-24-44(6)32(33(46)27-41)17-18-35-43(5)21-20-36(60-40(54)47(48,49)50)42(3,4)34(43)19-22-45(35,44)7/h8-17,33-36H,18-28H2,1-7H3/t33-,34-,35+,36-,43-,44+,45+,46-/m0/s1. The molecule has 0 unspecified atom stereocenters. The summed E-state index contributed by atoms with van der Waals surface area (Å²) in [5.74, 6) is -2.18. The van der Waals surface area contributed by atoms with E-state index in [-0.39, 0.29) is 61.8 Å². The van der Waals surface area contributed by atoms with E-state index in [2.05, 4.69) is 50.5 Å². The molecule has 0 bridgehead atoms. The van der Waals surface area contributed by atoms with Crippen molar-refractivity contribution in [2.45, 2.75) is 141 Å². The molecule has 336 valence electrons. The summed E-state index contributed by atoms with van der Waals surface area (Å²) in [5.41, 5.74) is 0.0532. The molecule has 2 aromatic carbocycles. The molecular weight excluding hydrogens is 826 g/mol. The number of rotatable bonds is 8. The molecular formula is C47H57F3N2O9S. The third kappa shape index (κ3) is 6.93. The molecule has 3 aromatic rings. The van der Waals surface area contributed by atoms with Gasteiger partial charge in [0.25, 0.3) is 9.84 Å². The SMILES string of the molecule is CC1(C)CC[C@]2(C(=O)Oc3ccc(COc4no[n+]([O-])c4S(=O)(=O)c4ccccc4)cc3)CC[C@]3(C)C(=CC[C@@H]4[C@@]5(C)CC[C@H](OC(=O)C(F)(F)F)C(C)(C)[C@@H]5CC[C@]43C)[C@@H]2C1. The Morgan fingerprint density at radius 3 is 2.24 bits per heavy atom. The topological polar surface area (TPSA) is 149 Å². The van der Waals surface area contributed by atoms with Crippen LogP contribution in [0.3, 0.4) is 0 Å². The van der Waals surface area contributed by atoms with Crippen LogP contribution in [0.5, 0.6) is 11.6 Å². The molecule has 0 aliphatic heterocycles. The molecule has 0 radical (unpaired) electrons. The molecule has 0 N–H and O–H groups in total. The van der Waals surface area contributed by atoms with E-state index >= 15 is 0 Å². The van der Waals surface area contributed by atoms with Crippen molar-refractivity contribution in [3.05, 3.63) is 77.0 Å². The van der Waals surface area contributed by atoms with Crippen molar-refractivity contribution in [2.24, 2.45) is 50.2 Å². The Hall–Kier alpha value is -4.40. The van der Waals surface area contributed by atoms with Crippen molar-refractivity contribution in [1.29, 1.82) is 0 Å². The molecule has 0 amide bonds. The average Bonchev–Trinajstić information content (AvgIpc) is 3.59. The third-order valence-electron chi connectivity index (χ3n) is 16.8. The Morgan fingerprint density at radius 2 is 1.56 bits per heavy atom. The monoisotopic (exact) mass is 882 g/mol. The number of hydrogen-bond acceptors (Lipinski definition) is 10. The van der Waals surface area contributed by atoms with Gasteiger partial charge in [-0.1, -0.05) is 90.4 Å². The number of ether oxygens (including phenoxy) is 3. The lowest BCUT2D eigenvalue weighted by Gasteiger charge is -2.71. The van der Waals surface area contributed by atoms with E-state index in [1.807, 2.05) is 13.8 Å². The predicted molar refractivity (Wildman–Crippen MR) is 219 cm³/mol. The first-order valence-corrected chi connectivity index (χ1v) is 23.2. The second-order valence-corrected chi connectivity index (χ2v) is 22.7. The van der Waals surface area contributed by atoms with E-state index in [0.29, 0.717) is 37.0 Å². The highest BCUT2D eigenvalue weighted by Gasteiger charge is 2.70. The molecule has 1 heterocycles. The number of carbonyl (C=O) groups is 2. The number of fused-ring (bicyclic) bond motifs is 7. The minimum absolute atomic E-state index is 0.00231. The highest BCUT2D eigenvalue weighted by Crippen LogP contribution is 2.76. The van der Waals surface area contributed by atoms with Crippen LogP contribution in [0.4, 0.5) is 13.2 Å². The van der Waals surface area contributed by atoms with Gasteiger partial charge in [0.1, 0.15) is 18.5 Å². The Balaban J connectivity index is 1.01. The van der Waals surface area contributed by atoms with Gasteiger partial charge in [-0.05, 0) is 138 Å². The van der Waals surface area contributed by atoms with Crippen molar-refractivity contribution >= 4 is 21.8 Å². The zero-order valence-corrected chi connectivity index (χ0v) is 37.3. The summed E-state index contributed by atoms with van der Waals surface area (Å²) in [6.07, 6.45) is 4.02. The number of aromatic nitrogens is 2. The van der Waals surface area contributed by atoms with E-state index < -0.39 is 49.8 Å². The molecule has 5 aliphatic rings. The zero-order valence-electron chi connectivity index (χ0n) is 36.5. The highest BCUT2D eigenvalue weighted by molar-refractivity contribution is 7.91.